The van der Waals surface area contributed by atoms with Crippen LogP contribution in [-0.4, -0.2) is 43.7 Å². The molecule has 0 unspecified atom stereocenters. The molecule has 5 nitrogen and oxygen atoms in total. The monoisotopic (exact) mass is 324 g/mol. The molecule has 0 radical (unpaired) electrons. The van der Waals surface area contributed by atoms with E-state index in [4.69, 9.17) is 4.74 Å². The van der Waals surface area contributed by atoms with Gasteiger partial charge in [0.25, 0.3) is 0 Å². The smallest absolute Gasteiger partial charge is 0.211 e. The van der Waals surface area contributed by atoms with Crippen molar-refractivity contribution in [2.24, 2.45) is 0 Å². The van der Waals surface area contributed by atoms with Crippen molar-refractivity contribution in [3.63, 3.8) is 0 Å². The number of thiazole rings is 1. The molecule has 1 aliphatic heterocycles. The van der Waals surface area contributed by atoms with Crippen molar-refractivity contribution >= 4 is 21.4 Å². The summed E-state index contributed by atoms with van der Waals surface area (Å²) >= 11 is 1.52. The van der Waals surface area contributed by atoms with Crippen LogP contribution in [0.3, 0.4) is 0 Å². The van der Waals surface area contributed by atoms with Gasteiger partial charge in [0.1, 0.15) is 5.01 Å². The number of aromatic nitrogens is 1. The van der Waals surface area contributed by atoms with Crippen molar-refractivity contribution < 1.29 is 13.2 Å². The van der Waals surface area contributed by atoms with E-state index in [1.165, 1.54) is 21.9 Å². The molecule has 1 aliphatic rings. The molecule has 1 aromatic heterocycles. The van der Waals surface area contributed by atoms with E-state index in [-0.39, 0.29) is 6.04 Å². The van der Waals surface area contributed by atoms with Crippen molar-refractivity contribution in [3.8, 4) is 10.6 Å². The van der Waals surface area contributed by atoms with E-state index in [1.807, 2.05) is 35.7 Å². The number of hydrogen-bond acceptors (Lipinski definition) is 5. The molecule has 1 aromatic carbocycles. The number of morpholine rings is 1. The van der Waals surface area contributed by atoms with E-state index in [1.54, 1.807) is 0 Å². The number of sulfonamides is 1. The third-order valence-corrected chi connectivity index (χ3v) is 5.59. The average molecular weight is 324 g/mol. The van der Waals surface area contributed by atoms with Crippen LogP contribution >= 0.6 is 11.3 Å². The van der Waals surface area contributed by atoms with E-state index in [9.17, 15) is 8.42 Å². The standard InChI is InChI=1S/C14H16N2O3S2/c1-21(17,18)16-7-8-19-9-13(16)12-10-20-14(15-12)11-5-3-2-4-6-11/h2-6,10,13H,7-9H2,1H3/t13-/m1/s1. The van der Waals surface area contributed by atoms with Gasteiger partial charge in [-0.25, -0.2) is 13.4 Å². The fraction of sp³-hybridized carbons (Fsp3) is 0.357. The predicted octanol–water partition coefficient (Wildman–Crippen LogP) is 2.14. The van der Waals surface area contributed by atoms with E-state index in [0.717, 1.165) is 16.3 Å². The maximum absolute atomic E-state index is 11.9. The average Bonchev–Trinajstić information content (AvgIpc) is 2.97. The van der Waals surface area contributed by atoms with E-state index < -0.39 is 10.0 Å². The van der Waals surface area contributed by atoms with Gasteiger partial charge in [-0.05, 0) is 0 Å². The summed E-state index contributed by atoms with van der Waals surface area (Å²) in [6.07, 6.45) is 1.23. The first-order chi connectivity index (χ1) is 10.1. The maximum Gasteiger partial charge on any atom is 0.211 e. The second-order valence-electron chi connectivity index (χ2n) is 4.91. The molecule has 1 atom stereocenters. The highest BCUT2D eigenvalue weighted by atomic mass is 32.2. The van der Waals surface area contributed by atoms with Gasteiger partial charge >= 0.3 is 0 Å². The summed E-state index contributed by atoms with van der Waals surface area (Å²) in [6, 6.07) is 9.54. The van der Waals surface area contributed by atoms with Crippen molar-refractivity contribution in [1.29, 1.82) is 0 Å². The van der Waals surface area contributed by atoms with Gasteiger partial charge in [-0.1, -0.05) is 30.3 Å². The van der Waals surface area contributed by atoms with Crippen molar-refractivity contribution in [1.82, 2.24) is 9.29 Å². The van der Waals surface area contributed by atoms with E-state index in [0.29, 0.717) is 19.8 Å². The first-order valence-corrected chi connectivity index (χ1v) is 9.34. The third-order valence-electron chi connectivity index (χ3n) is 3.39. The maximum atomic E-state index is 11.9. The molecule has 7 heteroatoms. The summed E-state index contributed by atoms with van der Waals surface area (Å²) in [5, 5.41) is 2.81. The van der Waals surface area contributed by atoms with Gasteiger partial charge in [0.15, 0.2) is 0 Å². The fourth-order valence-electron chi connectivity index (χ4n) is 2.37. The number of rotatable bonds is 3. The molecular weight excluding hydrogens is 308 g/mol. The zero-order valence-corrected chi connectivity index (χ0v) is 13.2. The van der Waals surface area contributed by atoms with Crippen molar-refractivity contribution in [2.45, 2.75) is 6.04 Å². The summed E-state index contributed by atoms with van der Waals surface area (Å²) in [5.74, 6) is 0. The Labute approximate surface area is 128 Å². The third kappa shape index (κ3) is 3.16. The molecule has 21 heavy (non-hydrogen) atoms. The molecule has 0 N–H and O–H groups in total. The van der Waals surface area contributed by atoms with Crippen molar-refractivity contribution in [3.05, 3.63) is 41.4 Å². The Balaban J connectivity index is 1.91. The predicted molar refractivity (Wildman–Crippen MR) is 82.7 cm³/mol. The van der Waals surface area contributed by atoms with Crippen LogP contribution in [0.25, 0.3) is 10.6 Å². The molecule has 112 valence electrons. The van der Waals surface area contributed by atoms with Crippen LogP contribution < -0.4 is 0 Å². The Bertz CT molecular complexity index is 713. The minimum atomic E-state index is -3.26. The van der Waals surface area contributed by atoms with Crippen LogP contribution in [0.2, 0.25) is 0 Å². The van der Waals surface area contributed by atoms with Crippen LogP contribution in [0.1, 0.15) is 11.7 Å². The highest BCUT2D eigenvalue weighted by Crippen LogP contribution is 2.31. The van der Waals surface area contributed by atoms with Crippen LogP contribution in [0.4, 0.5) is 0 Å². The highest BCUT2D eigenvalue weighted by molar-refractivity contribution is 7.88. The molecule has 0 saturated carbocycles. The zero-order valence-electron chi connectivity index (χ0n) is 11.6. The zero-order chi connectivity index (χ0) is 14.9. The first-order valence-electron chi connectivity index (χ1n) is 6.61. The Morgan fingerprint density at radius 3 is 2.81 bits per heavy atom. The molecule has 2 heterocycles. The molecule has 0 spiro atoms. The number of nitrogens with zero attached hydrogens (tertiary/aromatic N) is 2. The van der Waals surface area contributed by atoms with Crippen LogP contribution in [-0.2, 0) is 14.8 Å². The minimum Gasteiger partial charge on any atom is -0.378 e. The van der Waals surface area contributed by atoms with Crippen molar-refractivity contribution in [2.75, 3.05) is 26.0 Å². The summed E-state index contributed by atoms with van der Waals surface area (Å²) in [4.78, 5) is 4.60. The van der Waals surface area contributed by atoms with Gasteiger partial charge in [0.2, 0.25) is 10.0 Å². The van der Waals surface area contributed by atoms with Gasteiger partial charge in [0.05, 0.1) is 31.2 Å². The number of ether oxygens (including phenoxy) is 1. The lowest BCUT2D eigenvalue weighted by molar-refractivity contribution is 0.0311. The van der Waals surface area contributed by atoms with Crippen LogP contribution in [0.15, 0.2) is 35.7 Å². The summed E-state index contributed by atoms with van der Waals surface area (Å²) in [6.45, 7) is 1.16. The second-order valence-corrected chi connectivity index (χ2v) is 7.70. The number of benzene rings is 1. The van der Waals surface area contributed by atoms with Gasteiger partial charge in [0, 0.05) is 17.5 Å². The van der Waals surface area contributed by atoms with Gasteiger partial charge in [-0.15, -0.1) is 11.3 Å². The molecular formula is C14H16N2O3S2. The quantitative estimate of drug-likeness (QED) is 0.868. The Hall–Kier alpha value is -1.28. The number of hydrogen-bond donors (Lipinski definition) is 0. The lowest BCUT2D eigenvalue weighted by Gasteiger charge is -2.32. The Morgan fingerprint density at radius 2 is 2.10 bits per heavy atom. The summed E-state index contributed by atoms with van der Waals surface area (Å²) < 4.78 is 30.7. The fourth-order valence-corrected chi connectivity index (χ4v) is 4.28. The topological polar surface area (TPSA) is 59.5 Å². The molecule has 1 saturated heterocycles. The lowest BCUT2D eigenvalue weighted by Crippen LogP contribution is -2.42. The van der Waals surface area contributed by atoms with E-state index >= 15 is 0 Å². The van der Waals surface area contributed by atoms with Gasteiger partial charge < -0.3 is 4.74 Å². The largest absolute Gasteiger partial charge is 0.378 e. The molecule has 0 aliphatic carbocycles. The summed E-state index contributed by atoms with van der Waals surface area (Å²) in [7, 11) is -3.26. The lowest BCUT2D eigenvalue weighted by atomic mass is 10.2. The highest BCUT2D eigenvalue weighted by Gasteiger charge is 2.32. The van der Waals surface area contributed by atoms with Gasteiger partial charge in [-0.3, -0.25) is 0 Å². The second kappa shape index (κ2) is 5.84. The van der Waals surface area contributed by atoms with Gasteiger partial charge in [-0.2, -0.15) is 4.31 Å². The Morgan fingerprint density at radius 1 is 1.33 bits per heavy atom. The van der Waals surface area contributed by atoms with Crippen LogP contribution in [0.5, 0.6) is 0 Å². The molecule has 3 rings (SSSR count). The molecule has 1 fully saturated rings. The minimum absolute atomic E-state index is 0.331. The summed E-state index contributed by atoms with van der Waals surface area (Å²) in [5.41, 5.74) is 1.79. The normalized spacial score (nSPS) is 20.5. The van der Waals surface area contributed by atoms with Crippen LogP contribution in [0, 0.1) is 0 Å². The Kier molecular flexibility index (Phi) is 4.08. The molecule has 0 bridgehead atoms. The first kappa shape index (κ1) is 14.6. The van der Waals surface area contributed by atoms with E-state index in [2.05, 4.69) is 4.98 Å². The SMILES string of the molecule is CS(=O)(=O)N1CCOC[C@@H]1c1csc(-c2ccccc2)n1. The molecule has 2 aromatic rings. The molecule has 0 amide bonds.